The first-order valence-corrected chi connectivity index (χ1v) is 11.9. The SMILES string of the molecule is C=C(C)C(=O)OCC(CC)(CCOc1ccc(/C=C/c2ccc(OC=O)cc2)cc1)COC(=C)C(C)=O. The van der Waals surface area contributed by atoms with Crippen LogP contribution in [0.2, 0.25) is 0 Å². The van der Waals surface area contributed by atoms with Gasteiger partial charge in [-0.25, -0.2) is 4.79 Å². The number of rotatable bonds is 16. The normalized spacial score (nSPS) is 12.3. The third kappa shape index (κ3) is 9.80. The van der Waals surface area contributed by atoms with E-state index in [1.165, 1.54) is 6.92 Å². The molecule has 0 bridgehead atoms. The fourth-order valence-corrected chi connectivity index (χ4v) is 3.22. The zero-order chi connectivity index (χ0) is 27.3. The minimum Gasteiger partial charge on any atom is -0.494 e. The van der Waals surface area contributed by atoms with Crippen LogP contribution in [0.25, 0.3) is 12.2 Å². The summed E-state index contributed by atoms with van der Waals surface area (Å²) in [5.41, 5.74) is 1.72. The Kier molecular flexibility index (Phi) is 11.4. The van der Waals surface area contributed by atoms with E-state index in [4.69, 9.17) is 18.9 Å². The predicted molar refractivity (Wildman–Crippen MR) is 143 cm³/mol. The van der Waals surface area contributed by atoms with Crippen molar-refractivity contribution < 1.29 is 33.3 Å². The minimum absolute atomic E-state index is 0.0684. The second-order valence-electron chi connectivity index (χ2n) is 8.76. The molecule has 0 saturated heterocycles. The number of allylic oxidation sites excluding steroid dienone is 1. The minimum atomic E-state index is -0.557. The zero-order valence-corrected chi connectivity index (χ0v) is 21.7. The lowest BCUT2D eigenvalue weighted by atomic mass is 9.83. The van der Waals surface area contributed by atoms with E-state index >= 15 is 0 Å². The second-order valence-corrected chi connectivity index (χ2v) is 8.76. The number of benzene rings is 2. The molecule has 196 valence electrons. The molecular weight excluding hydrogens is 472 g/mol. The molecule has 0 spiro atoms. The Labute approximate surface area is 218 Å². The zero-order valence-electron chi connectivity index (χ0n) is 21.7. The van der Waals surface area contributed by atoms with E-state index in [1.807, 2.05) is 55.5 Å². The van der Waals surface area contributed by atoms with Gasteiger partial charge in [0.1, 0.15) is 18.1 Å². The van der Waals surface area contributed by atoms with Crippen molar-refractivity contribution in [3.05, 3.63) is 84.1 Å². The quantitative estimate of drug-likeness (QED) is 0.0935. The molecule has 0 aliphatic rings. The molecule has 0 aliphatic carbocycles. The highest BCUT2D eigenvalue weighted by atomic mass is 16.5. The molecule has 7 heteroatoms. The Morgan fingerprint density at radius 1 is 0.865 bits per heavy atom. The summed E-state index contributed by atoms with van der Waals surface area (Å²) in [4.78, 5) is 33.9. The van der Waals surface area contributed by atoms with Gasteiger partial charge >= 0.3 is 5.97 Å². The molecule has 0 aromatic heterocycles. The highest BCUT2D eigenvalue weighted by Gasteiger charge is 2.32. The van der Waals surface area contributed by atoms with Gasteiger partial charge in [0, 0.05) is 17.9 Å². The lowest BCUT2D eigenvalue weighted by Gasteiger charge is -2.32. The Morgan fingerprint density at radius 3 is 1.89 bits per heavy atom. The maximum absolute atomic E-state index is 12.0. The van der Waals surface area contributed by atoms with Crippen LogP contribution in [0.3, 0.4) is 0 Å². The van der Waals surface area contributed by atoms with Gasteiger partial charge in [-0.15, -0.1) is 0 Å². The van der Waals surface area contributed by atoms with Gasteiger partial charge in [-0.2, -0.15) is 0 Å². The highest BCUT2D eigenvalue weighted by Crippen LogP contribution is 2.30. The summed E-state index contributed by atoms with van der Waals surface area (Å²) in [7, 11) is 0. The van der Waals surface area contributed by atoms with Gasteiger partial charge in [-0.05, 0) is 55.2 Å². The maximum Gasteiger partial charge on any atom is 0.333 e. The van der Waals surface area contributed by atoms with Crippen molar-refractivity contribution in [2.45, 2.75) is 33.6 Å². The summed E-state index contributed by atoms with van der Waals surface area (Å²) >= 11 is 0. The van der Waals surface area contributed by atoms with Crippen LogP contribution in [-0.2, 0) is 23.9 Å². The molecule has 37 heavy (non-hydrogen) atoms. The monoisotopic (exact) mass is 506 g/mol. The average molecular weight is 507 g/mol. The molecule has 0 fully saturated rings. The molecular formula is C30H34O7. The largest absolute Gasteiger partial charge is 0.494 e. The van der Waals surface area contributed by atoms with E-state index in [0.717, 1.165) is 11.1 Å². The molecule has 1 atom stereocenters. The molecule has 7 nitrogen and oxygen atoms in total. The van der Waals surface area contributed by atoms with Gasteiger partial charge in [0.05, 0.1) is 13.2 Å². The Bertz CT molecular complexity index is 1080. The van der Waals surface area contributed by atoms with Crippen LogP contribution in [0.1, 0.15) is 44.7 Å². The fraction of sp³-hybridized carbons (Fsp3) is 0.300. The lowest BCUT2D eigenvalue weighted by molar-refractivity contribution is -0.144. The molecule has 2 aromatic rings. The Morgan fingerprint density at radius 2 is 1.41 bits per heavy atom. The van der Waals surface area contributed by atoms with E-state index in [9.17, 15) is 14.4 Å². The fourth-order valence-electron chi connectivity index (χ4n) is 3.22. The summed E-state index contributed by atoms with van der Waals surface area (Å²) in [6.45, 7) is 13.2. The van der Waals surface area contributed by atoms with Crippen molar-refractivity contribution in [3.8, 4) is 11.5 Å². The number of carbonyl (C=O) groups is 3. The standard InChI is InChI=1S/C30H34O7/c1-6-30(19-35-24(5)23(4)32,20-36-29(33)22(2)3)17-18-34-27-13-9-25(10-14-27)7-8-26-11-15-28(16-12-26)37-21-31/h7-16,21H,2,5-6,17-20H2,1,3-4H3/b8-7+. The molecule has 0 N–H and O–H groups in total. The van der Waals surface area contributed by atoms with Crippen LogP contribution in [-0.4, -0.2) is 38.0 Å². The number of ether oxygens (including phenoxy) is 4. The number of ketones is 1. The van der Waals surface area contributed by atoms with Crippen LogP contribution in [0.15, 0.2) is 73.0 Å². The average Bonchev–Trinajstić information content (AvgIpc) is 2.90. The van der Waals surface area contributed by atoms with E-state index < -0.39 is 11.4 Å². The first-order chi connectivity index (χ1) is 17.7. The molecule has 0 radical (unpaired) electrons. The molecule has 0 amide bonds. The van der Waals surface area contributed by atoms with Gasteiger partial charge in [0.2, 0.25) is 0 Å². The van der Waals surface area contributed by atoms with Crippen molar-refractivity contribution in [2.75, 3.05) is 19.8 Å². The number of hydrogen-bond donors (Lipinski definition) is 0. The third-order valence-electron chi connectivity index (χ3n) is 5.87. The summed E-state index contributed by atoms with van der Waals surface area (Å²) < 4.78 is 21.8. The van der Waals surface area contributed by atoms with Gasteiger partial charge in [-0.1, -0.05) is 56.5 Å². The van der Waals surface area contributed by atoms with Gasteiger partial charge < -0.3 is 18.9 Å². The number of Topliss-reactive ketones (excluding diaryl/α,β-unsaturated/α-hetero) is 1. The molecule has 0 saturated carbocycles. The van der Waals surface area contributed by atoms with Gasteiger partial charge in [0.25, 0.3) is 6.47 Å². The van der Waals surface area contributed by atoms with Crippen molar-refractivity contribution in [1.29, 1.82) is 0 Å². The van der Waals surface area contributed by atoms with E-state index in [2.05, 4.69) is 13.2 Å². The third-order valence-corrected chi connectivity index (χ3v) is 5.87. The topological polar surface area (TPSA) is 88.1 Å². The van der Waals surface area contributed by atoms with Crippen molar-refractivity contribution in [1.82, 2.24) is 0 Å². The highest BCUT2D eigenvalue weighted by molar-refractivity contribution is 5.90. The van der Waals surface area contributed by atoms with E-state index in [1.54, 1.807) is 19.1 Å². The smallest absolute Gasteiger partial charge is 0.333 e. The van der Waals surface area contributed by atoms with Crippen LogP contribution in [0, 0.1) is 5.41 Å². The van der Waals surface area contributed by atoms with E-state index in [0.29, 0.717) is 43.0 Å². The van der Waals surface area contributed by atoms with Crippen molar-refractivity contribution in [2.24, 2.45) is 5.41 Å². The van der Waals surface area contributed by atoms with Crippen molar-refractivity contribution >= 4 is 30.4 Å². The van der Waals surface area contributed by atoms with E-state index in [-0.39, 0.29) is 24.8 Å². The summed E-state index contributed by atoms with van der Waals surface area (Å²) in [6.07, 6.45) is 5.09. The molecule has 2 aromatic carbocycles. The number of carbonyl (C=O) groups excluding carboxylic acids is 3. The Hall–Kier alpha value is -4.13. The molecule has 0 heterocycles. The predicted octanol–water partition coefficient (Wildman–Crippen LogP) is 5.80. The van der Waals surface area contributed by atoms with Crippen LogP contribution < -0.4 is 9.47 Å². The number of esters is 1. The summed E-state index contributed by atoms with van der Waals surface area (Å²) in [5.74, 6) is 0.533. The summed E-state index contributed by atoms with van der Waals surface area (Å²) in [6, 6.07) is 14.8. The molecule has 2 rings (SSSR count). The van der Waals surface area contributed by atoms with Gasteiger partial charge in [-0.3, -0.25) is 9.59 Å². The lowest BCUT2D eigenvalue weighted by Crippen LogP contribution is -2.35. The van der Waals surface area contributed by atoms with Crippen LogP contribution in [0.5, 0.6) is 11.5 Å². The Balaban J connectivity index is 1.98. The van der Waals surface area contributed by atoms with Crippen molar-refractivity contribution in [3.63, 3.8) is 0 Å². The second kappa shape index (κ2) is 14.4. The van der Waals surface area contributed by atoms with Crippen LogP contribution in [0.4, 0.5) is 0 Å². The first kappa shape index (κ1) is 29.1. The first-order valence-electron chi connectivity index (χ1n) is 11.9. The molecule has 1 unspecified atom stereocenters. The molecule has 0 aliphatic heterocycles. The summed E-state index contributed by atoms with van der Waals surface area (Å²) in [5, 5.41) is 0. The van der Waals surface area contributed by atoms with Gasteiger partial charge in [0.15, 0.2) is 11.5 Å². The van der Waals surface area contributed by atoms with Crippen LogP contribution >= 0.6 is 0 Å². The number of hydrogen-bond acceptors (Lipinski definition) is 7. The maximum atomic E-state index is 12.0.